The number of hydrogen-bond acceptors (Lipinski definition) is 3. The van der Waals surface area contributed by atoms with Crippen LogP contribution in [-0.2, 0) is 0 Å². The molecule has 0 aliphatic heterocycles. The van der Waals surface area contributed by atoms with Crippen molar-refractivity contribution in [2.75, 3.05) is 11.1 Å². The average Bonchev–Trinajstić information content (AvgIpc) is 2.43. The van der Waals surface area contributed by atoms with Crippen LogP contribution >= 0.6 is 0 Å². The van der Waals surface area contributed by atoms with Crippen molar-refractivity contribution < 1.29 is 13.6 Å². The third-order valence-corrected chi connectivity index (χ3v) is 2.92. The number of anilines is 2. The molecule has 1 amide bonds. The van der Waals surface area contributed by atoms with E-state index < -0.39 is 17.5 Å². The van der Waals surface area contributed by atoms with E-state index in [4.69, 9.17) is 5.73 Å². The van der Waals surface area contributed by atoms with Crippen molar-refractivity contribution >= 4 is 17.4 Å². The highest BCUT2D eigenvalue weighted by molar-refractivity contribution is 6.04. The molecule has 21 heavy (non-hydrogen) atoms. The van der Waals surface area contributed by atoms with Crippen LogP contribution in [0.1, 0.15) is 35.8 Å². The number of rotatable bonds is 3. The standard InChI is InChI=1S/C15H15F2N3O/c1-8(2)12-6-9(7-13(18)19-12)15(21)20-11-5-3-4-10(16)14(11)17/h3-8H,1-2H3,(H2,18,19)(H,20,21). The molecule has 0 fully saturated rings. The lowest BCUT2D eigenvalue weighted by Crippen LogP contribution is -2.15. The van der Waals surface area contributed by atoms with Gasteiger partial charge < -0.3 is 11.1 Å². The van der Waals surface area contributed by atoms with Crippen molar-refractivity contribution in [1.29, 1.82) is 0 Å². The monoisotopic (exact) mass is 291 g/mol. The molecular formula is C15H15F2N3O. The normalized spacial score (nSPS) is 10.7. The van der Waals surface area contributed by atoms with Gasteiger partial charge in [0.25, 0.3) is 5.91 Å². The Morgan fingerprint density at radius 1 is 1.29 bits per heavy atom. The van der Waals surface area contributed by atoms with Crippen LogP contribution < -0.4 is 11.1 Å². The van der Waals surface area contributed by atoms with Gasteiger partial charge in [-0.3, -0.25) is 4.79 Å². The Bertz CT molecular complexity index is 687. The number of hydrogen-bond donors (Lipinski definition) is 2. The Labute approximate surface area is 121 Å². The minimum Gasteiger partial charge on any atom is -0.384 e. The molecule has 1 aromatic heterocycles. The smallest absolute Gasteiger partial charge is 0.255 e. The quantitative estimate of drug-likeness (QED) is 0.911. The van der Waals surface area contributed by atoms with E-state index in [9.17, 15) is 13.6 Å². The highest BCUT2D eigenvalue weighted by atomic mass is 19.2. The first-order chi connectivity index (χ1) is 9.88. The molecule has 0 unspecified atom stereocenters. The molecule has 110 valence electrons. The lowest BCUT2D eigenvalue weighted by atomic mass is 10.1. The van der Waals surface area contributed by atoms with E-state index in [2.05, 4.69) is 10.3 Å². The second-order valence-electron chi connectivity index (χ2n) is 4.92. The number of pyridine rings is 1. The first kappa shape index (κ1) is 14.9. The largest absolute Gasteiger partial charge is 0.384 e. The molecule has 4 nitrogen and oxygen atoms in total. The van der Waals surface area contributed by atoms with Crippen LogP contribution in [0.3, 0.4) is 0 Å². The second-order valence-corrected chi connectivity index (χ2v) is 4.92. The summed E-state index contributed by atoms with van der Waals surface area (Å²) in [6.07, 6.45) is 0. The Balaban J connectivity index is 2.30. The third-order valence-electron chi connectivity index (χ3n) is 2.92. The van der Waals surface area contributed by atoms with Crippen LogP contribution in [-0.4, -0.2) is 10.9 Å². The summed E-state index contributed by atoms with van der Waals surface area (Å²) >= 11 is 0. The van der Waals surface area contributed by atoms with Crippen LogP contribution in [0.4, 0.5) is 20.3 Å². The van der Waals surface area contributed by atoms with Gasteiger partial charge in [-0.25, -0.2) is 13.8 Å². The molecule has 0 spiro atoms. The lowest BCUT2D eigenvalue weighted by molar-refractivity contribution is 0.102. The average molecular weight is 291 g/mol. The summed E-state index contributed by atoms with van der Waals surface area (Å²) in [5.74, 6) is -2.41. The van der Waals surface area contributed by atoms with Gasteiger partial charge in [-0.15, -0.1) is 0 Å². The van der Waals surface area contributed by atoms with E-state index in [1.165, 1.54) is 18.2 Å². The fourth-order valence-corrected chi connectivity index (χ4v) is 1.80. The van der Waals surface area contributed by atoms with Gasteiger partial charge in [-0.05, 0) is 30.2 Å². The number of aromatic nitrogens is 1. The van der Waals surface area contributed by atoms with Crippen molar-refractivity contribution in [3.63, 3.8) is 0 Å². The van der Waals surface area contributed by atoms with Crippen molar-refractivity contribution in [2.24, 2.45) is 0 Å². The molecular weight excluding hydrogens is 276 g/mol. The van der Waals surface area contributed by atoms with Crippen molar-refractivity contribution in [3.05, 3.63) is 53.2 Å². The lowest BCUT2D eigenvalue weighted by Gasteiger charge is -2.10. The maximum Gasteiger partial charge on any atom is 0.255 e. The minimum absolute atomic E-state index is 0.0888. The summed E-state index contributed by atoms with van der Waals surface area (Å²) in [5, 5.41) is 2.32. The molecule has 0 saturated heterocycles. The SMILES string of the molecule is CC(C)c1cc(C(=O)Nc2cccc(F)c2F)cc(N)n1. The van der Waals surface area contributed by atoms with Gasteiger partial charge >= 0.3 is 0 Å². The van der Waals surface area contributed by atoms with Crippen LogP contribution in [0.15, 0.2) is 30.3 Å². The van der Waals surface area contributed by atoms with Crippen molar-refractivity contribution in [2.45, 2.75) is 19.8 Å². The molecule has 0 radical (unpaired) electrons. The van der Waals surface area contributed by atoms with Gasteiger partial charge in [-0.1, -0.05) is 19.9 Å². The van der Waals surface area contributed by atoms with Gasteiger partial charge in [0.1, 0.15) is 5.82 Å². The molecule has 0 atom stereocenters. The number of amides is 1. The van der Waals surface area contributed by atoms with Gasteiger partial charge in [0, 0.05) is 11.3 Å². The number of nitrogen functional groups attached to an aromatic ring is 1. The summed E-state index contributed by atoms with van der Waals surface area (Å²) < 4.78 is 26.6. The number of nitrogens with two attached hydrogens (primary N) is 1. The zero-order valence-corrected chi connectivity index (χ0v) is 11.7. The number of benzene rings is 1. The number of carbonyl (C=O) groups is 1. The van der Waals surface area contributed by atoms with Gasteiger partial charge in [-0.2, -0.15) is 0 Å². The van der Waals surface area contributed by atoms with E-state index in [1.54, 1.807) is 6.07 Å². The molecule has 0 aliphatic carbocycles. The summed E-state index contributed by atoms with van der Waals surface area (Å²) in [7, 11) is 0. The van der Waals surface area contributed by atoms with E-state index in [-0.39, 0.29) is 23.0 Å². The number of carbonyl (C=O) groups excluding carboxylic acids is 1. The van der Waals surface area contributed by atoms with Crippen LogP contribution in [0.5, 0.6) is 0 Å². The molecule has 3 N–H and O–H groups in total. The second kappa shape index (κ2) is 5.87. The Morgan fingerprint density at radius 2 is 2.00 bits per heavy atom. The Morgan fingerprint density at radius 3 is 2.67 bits per heavy atom. The summed E-state index contributed by atoms with van der Waals surface area (Å²) in [6, 6.07) is 6.54. The Kier molecular flexibility index (Phi) is 4.16. The topological polar surface area (TPSA) is 68.0 Å². The maximum atomic E-state index is 13.5. The van der Waals surface area contributed by atoms with Gasteiger partial charge in [0.2, 0.25) is 0 Å². The van der Waals surface area contributed by atoms with Crippen molar-refractivity contribution in [3.8, 4) is 0 Å². The zero-order chi connectivity index (χ0) is 15.6. The zero-order valence-electron chi connectivity index (χ0n) is 11.7. The van der Waals surface area contributed by atoms with Crippen molar-refractivity contribution in [1.82, 2.24) is 4.98 Å². The van der Waals surface area contributed by atoms with Crippen LogP contribution in [0.2, 0.25) is 0 Å². The summed E-state index contributed by atoms with van der Waals surface area (Å²) in [5.41, 5.74) is 6.33. The fraction of sp³-hybridized carbons (Fsp3) is 0.200. The van der Waals surface area contributed by atoms with E-state index in [0.717, 1.165) is 6.07 Å². The maximum absolute atomic E-state index is 13.5. The predicted molar refractivity (Wildman–Crippen MR) is 77.0 cm³/mol. The first-order valence-electron chi connectivity index (χ1n) is 6.41. The number of halogens is 2. The van der Waals surface area contributed by atoms with Gasteiger partial charge in [0.05, 0.1) is 5.69 Å². The van der Waals surface area contributed by atoms with Crippen LogP contribution in [0, 0.1) is 11.6 Å². The molecule has 0 saturated carbocycles. The van der Waals surface area contributed by atoms with E-state index in [0.29, 0.717) is 5.69 Å². The number of nitrogens with one attached hydrogen (secondary N) is 1. The summed E-state index contributed by atoms with van der Waals surface area (Å²) in [4.78, 5) is 16.2. The van der Waals surface area contributed by atoms with E-state index >= 15 is 0 Å². The third kappa shape index (κ3) is 3.34. The van der Waals surface area contributed by atoms with Gasteiger partial charge in [0.15, 0.2) is 11.6 Å². The molecule has 1 aromatic carbocycles. The highest BCUT2D eigenvalue weighted by Gasteiger charge is 2.14. The first-order valence-corrected chi connectivity index (χ1v) is 6.41. The molecule has 0 aliphatic rings. The van der Waals surface area contributed by atoms with E-state index in [1.807, 2.05) is 13.8 Å². The fourth-order valence-electron chi connectivity index (χ4n) is 1.80. The highest BCUT2D eigenvalue weighted by Crippen LogP contribution is 2.20. The molecule has 6 heteroatoms. The molecule has 1 heterocycles. The molecule has 2 rings (SSSR count). The Hall–Kier alpha value is -2.50. The molecule has 0 bridgehead atoms. The number of nitrogens with zero attached hydrogens (tertiary/aromatic N) is 1. The predicted octanol–water partition coefficient (Wildman–Crippen LogP) is 3.32. The van der Waals surface area contributed by atoms with Crippen LogP contribution in [0.25, 0.3) is 0 Å². The molecule has 2 aromatic rings. The minimum atomic E-state index is -1.10. The summed E-state index contributed by atoms with van der Waals surface area (Å²) in [6.45, 7) is 3.82.